The van der Waals surface area contributed by atoms with Crippen LogP contribution >= 0.6 is 0 Å². The monoisotopic (exact) mass is 236 g/mol. The molecule has 17 heavy (non-hydrogen) atoms. The number of carboxylic acid groups (broad SMARTS) is 1. The number of Topliss-reactive ketones (excluding diaryl/α,β-unsaturated/α-hetero) is 1. The van der Waals surface area contributed by atoms with Gasteiger partial charge in [-0.25, -0.2) is 4.79 Å². The Kier molecular flexibility index (Phi) is 3.98. The van der Waals surface area contributed by atoms with E-state index in [0.717, 1.165) is 0 Å². The minimum Gasteiger partial charge on any atom is -0.475 e. The standard InChI is InChI=1S/C12H12O5/c1-7(2)12(16)17-9-5-3-8(4-6-9)10(13)11(14)15/h3-7H,1-2H3,(H,14,15). The second-order valence-corrected chi connectivity index (χ2v) is 3.73. The van der Waals surface area contributed by atoms with Crippen LogP contribution in [0.1, 0.15) is 24.2 Å². The molecule has 5 heteroatoms. The second-order valence-electron chi connectivity index (χ2n) is 3.73. The first kappa shape index (κ1) is 12.9. The predicted molar refractivity (Wildman–Crippen MR) is 58.9 cm³/mol. The van der Waals surface area contributed by atoms with Crippen molar-refractivity contribution < 1.29 is 24.2 Å². The number of aliphatic carboxylic acids is 1. The van der Waals surface area contributed by atoms with E-state index in [1.165, 1.54) is 24.3 Å². The maximum Gasteiger partial charge on any atom is 0.377 e. The molecule has 0 radical (unpaired) electrons. The minimum absolute atomic E-state index is 0.0434. The van der Waals surface area contributed by atoms with Crippen molar-refractivity contribution in [1.82, 2.24) is 0 Å². The molecule has 0 aromatic heterocycles. The topological polar surface area (TPSA) is 80.7 Å². The van der Waals surface area contributed by atoms with Gasteiger partial charge in [0, 0.05) is 5.56 Å². The van der Waals surface area contributed by atoms with Gasteiger partial charge in [0.1, 0.15) is 5.75 Å². The largest absolute Gasteiger partial charge is 0.475 e. The molecule has 0 bridgehead atoms. The molecule has 0 atom stereocenters. The fourth-order valence-electron chi connectivity index (χ4n) is 1.03. The lowest BCUT2D eigenvalue weighted by atomic mass is 10.1. The maximum absolute atomic E-state index is 11.3. The molecule has 1 rings (SSSR count). The lowest BCUT2D eigenvalue weighted by molar-refractivity contribution is -0.137. The summed E-state index contributed by atoms with van der Waals surface area (Å²) in [5, 5.41) is 8.49. The molecule has 0 saturated heterocycles. The van der Waals surface area contributed by atoms with Gasteiger partial charge < -0.3 is 9.84 Å². The van der Waals surface area contributed by atoms with E-state index >= 15 is 0 Å². The molecule has 0 unspecified atom stereocenters. The summed E-state index contributed by atoms with van der Waals surface area (Å²) in [6.45, 7) is 3.40. The zero-order valence-electron chi connectivity index (χ0n) is 9.47. The number of hydrogen-bond acceptors (Lipinski definition) is 4. The fourth-order valence-corrected chi connectivity index (χ4v) is 1.03. The van der Waals surface area contributed by atoms with Gasteiger partial charge in [0.05, 0.1) is 5.92 Å². The number of rotatable bonds is 4. The van der Waals surface area contributed by atoms with E-state index in [2.05, 4.69) is 0 Å². The van der Waals surface area contributed by atoms with E-state index < -0.39 is 11.8 Å². The van der Waals surface area contributed by atoms with Crippen molar-refractivity contribution in [2.75, 3.05) is 0 Å². The third-order valence-corrected chi connectivity index (χ3v) is 2.00. The number of ether oxygens (including phenoxy) is 1. The molecule has 1 aromatic rings. The number of ketones is 1. The first-order valence-corrected chi connectivity index (χ1v) is 5.01. The molecule has 0 aliphatic rings. The summed E-state index contributed by atoms with van der Waals surface area (Å²) in [7, 11) is 0. The first-order chi connectivity index (χ1) is 7.91. The number of carboxylic acids is 1. The van der Waals surface area contributed by atoms with E-state index in [0.29, 0.717) is 0 Å². The number of carbonyl (C=O) groups excluding carboxylic acids is 2. The van der Waals surface area contributed by atoms with Gasteiger partial charge >= 0.3 is 11.9 Å². The Morgan fingerprint density at radius 3 is 2.06 bits per heavy atom. The number of benzene rings is 1. The van der Waals surface area contributed by atoms with Gasteiger partial charge in [-0.15, -0.1) is 0 Å². The normalized spacial score (nSPS) is 10.1. The van der Waals surface area contributed by atoms with Crippen LogP contribution in [0, 0.1) is 5.92 Å². The fraction of sp³-hybridized carbons (Fsp3) is 0.250. The van der Waals surface area contributed by atoms with Gasteiger partial charge in [-0.3, -0.25) is 9.59 Å². The quantitative estimate of drug-likeness (QED) is 0.371. The molecule has 90 valence electrons. The zero-order chi connectivity index (χ0) is 13.0. The van der Waals surface area contributed by atoms with E-state index in [-0.39, 0.29) is 23.2 Å². The summed E-state index contributed by atoms with van der Waals surface area (Å²) < 4.78 is 4.97. The van der Waals surface area contributed by atoms with Crippen LogP contribution in [-0.2, 0) is 9.59 Å². The van der Waals surface area contributed by atoms with Crippen LogP contribution in [0.5, 0.6) is 5.75 Å². The summed E-state index contributed by atoms with van der Waals surface area (Å²) in [6, 6.07) is 5.38. The molecule has 0 spiro atoms. The molecular weight excluding hydrogens is 224 g/mol. The van der Waals surface area contributed by atoms with Crippen LogP contribution in [0.2, 0.25) is 0 Å². The smallest absolute Gasteiger partial charge is 0.377 e. The molecule has 1 N–H and O–H groups in total. The third-order valence-electron chi connectivity index (χ3n) is 2.00. The Labute approximate surface area is 98.0 Å². The van der Waals surface area contributed by atoms with E-state index in [1.807, 2.05) is 0 Å². The van der Waals surface area contributed by atoms with E-state index in [4.69, 9.17) is 9.84 Å². The predicted octanol–water partition coefficient (Wildman–Crippen LogP) is 1.52. The Morgan fingerprint density at radius 1 is 1.12 bits per heavy atom. The van der Waals surface area contributed by atoms with E-state index in [1.54, 1.807) is 13.8 Å². The van der Waals surface area contributed by atoms with Crippen molar-refractivity contribution in [3.8, 4) is 5.75 Å². The molecule has 0 fully saturated rings. The lowest BCUT2D eigenvalue weighted by Gasteiger charge is -2.06. The van der Waals surface area contributed by atoms with Gasteiger partial charge in [-0.1, -0.05) is 13.8 Å². The van der Waals surface area contributed by atoms with Gasteiger partial charge in [0.25, 0.3) is 5.78 Å². The molecular formula is C12H12O5. The van der Waals surface area contributed by atoms with Crippen LogP contribution in [0.4, 0.5) is 0 Å². The molecule has 5 nitrogen and oxygen atoms in total. The van der Waals surface area contributed by atoms with E-state index in [9.17, 15) is 14.4 Å². The average molecular weight is 236 g/mol. The molecule has 0 heterocycles. The molecule has 0 saturated carbocycles. The molecule has 1 aromatic carbocycles. The SMILES string of the molecule is CC(C)C(=O)Oc1ccc(C(=O)C(=O)O)cc1. The summed E-state index contributed by atoms with van der Waals surface area (Å²) >= 11 is 0. The Morgan fingerprint density at radius 2 is 1.65 bits per heavy atom. The lowest BCUT2D eigenvalue weighted by Crippen LogP contribution is -2.15. The minimum atomic E-state index is -1.52. The Bertz CT molecular complexity index is 444. The summed E-state index contributed by atoms with van der Waals surface area (Å²) in [5.41, 5.74) is 0.0434. The van der Waals surface area contributed by atoms with Gasteiger partial charge in [-0.05, 0) is 24.3 Å². The molecule has 0 aliphatic heterocycles. The molecule has 0 aliphatic carbocycles. The second kappa shape index (κ2) is 5.25. The van der Waals surface area contributed by atoms with Crippen molar-refractivity contribution in [1.29, 1.82) is 0 Å². The summed E-state index contributed by atoms with van der Waals surface area (Å²) in [4.78, 5) is 32.8. The Balaban J connectivity index is 2.78. The summed E-state index contributed by atoms with van der Waals surface area (Å²) in [6.07, 6.45) is 0. The van der Waals surface area contributed by atoms with Crippen molar-refractivity contribution in [3.05, 3.63) is 29.8 Å². The van der Waals surface area contributed by atoms with Crippen LogP contribution in [0.25, 0.3) is 0 Å². The van der Waals surface area contributed by atoms with Gasteiger partial charge in [-0.2, -0.15) is 0 Å². The molecule has 0 amide bonds. The van der Waals surface area contributed by atoms with Crippen molar-refractivity contribution >= 4 is 17.7 Å². The highest BCUT2D eigenvalue weighted by Crippen LogP contribution is 2.14. The zero-order valence-corrected chi connectivity index (χ0v) is 9.47. The van der Waals surface area contributed by atoms with Crippen molar-refractivity contribution in [3.63, 3.8) is 0 Å². The van der Waals surface area contributed by atoms with Crippen LogP contribution in [0.15, 0.2) is 24.3 Å². The van der Waals surface area contributed by atoms with Gasteiger partial charge in [0.2, 0.25) is 0 Å². The van der Waals surface area contributed by atoms with Crippen LogP contribution in [-0.4, -0.2) is 22.8 Å². The average Bonchev–Trinajstić information content (AvgIpc) is 2.28. The number of hydrogen-bond donors (Lipinski definition) is 1. The highest BCUT2D eigenvalue weighted by molar-refractivity contribution is 6.39. The third kappa shape index (κ3) is 3.41. The number of esters is 1. The highest BCUT2D eigenvalue weighted by Gasteiger charge is 2.15. The van der Waals surface area contributed by atoms with Crippen molar-refractivity contribution in [2.24, 2.45) is 5.92 Å². The van der Waals surface area contributed by atoms with Crippen LogP contribution in [0.3, 0.4) is 0 Å². The van der Waals surface area contributed by atoms with Crippen LogP contribution < -0.4 is 4.74 Å². The Hall–Kier alpha value is -2.17. The summed E-state index contributed by atoms with van der Waals surface area (Å²) in [5.74, 6) is -2.87. The first-order valence-electron chi connectivity index (χ1n) is 5.01. The number of carbonyl (C=O) groups is 3. The van der Waals surface area contributed by atoms with Gasteiger partial charge in [0.15, 0.2) is 0 Å². The van der Waals surface area contributed by atoms with Crippen molar-refractivity contribution in [2.45, 2.75) is 13.8 Å². The maximum atomic E-state index is 11.3. The highest BCUT2D eigenvalue weighted by atomic mass is 16.5.